The highest BCUT2D eigenvalue weighted by molar-refractivity contribution is 5.36. The Morgan fingerprint density at radius 2 is 1.79 bits per heavy atom. The third kappa shape index (κ3) is 3.78. The Morgan fingerprint density at radius 3 is 2.42 bits per heavy atom. The van der Waals surface area contributed by atoms with Gasteiger partial charge in [-0.25, -0.2) is 9.97 Å². The Balaban J connectivity index is 2.13. The molecule has 1 N–H and O–H groups in total. The minimum atomic E-state index is 0.422. The van der Waals surface area contributed by atoms with Crippen molar-refractivity contribution < 1.29 is 0 Å². The number of nitrogens with one attached hydrogen (secondary N) is 1. The van der Waals surface area contributed by atoms with Gasteiger partial charge >= 0.3 is 0 Å². The molecule has 1 aromatic carbocycles. The molecule has 0 saturated carbocycles. The summed E-state index contributed by atoms with van der Waals surface area (Å²) in [5, 5.41) is 3.11. The molecule has 0 saturated heterocycles. The van der Waals surface area contributed by atoms with Gasteiger partial charge in [-0.1, -0.05) is 44.2 Å². The Kier molecular flexibility index (Phi) is 4.50. The van der Waals surface area contributed by atoms with Crippen LogP contribution in [0.4, 0.5) is 5.82 Å². The molecule has 0 unspecified atom stereocenters. The second-order valence-corrected chi connectivity index (χ2v) is 4.98. The Hall–Kier alpha value is -1.90. The average Bonchev–Trinajstić information content (AvgIpc) is 2.45. The summed E-state index contributed by atoms with van der Waals surface area (Å²) in [7, 11) is 1.90. The second kappa shape index (κ2) is 6.32. The molecule has 100 valence electrons. The van der Waals surface area contributed by atoms with Crippen LogP contribution in [-0.4, -0.2) is 17.0 Å². The van der Waals surface area contributed by atoms with E-state index in [0.717, 1.165) is 30.2 Å². The zero-order valence-electron chi connectivity index (χ0n) is 11.9. The molecule has 0 amide bonds. The van der Waals surface area contributed by atoms with E-state index in [1.54, 1.807) is 0 Å². The van der Waals surface area contributed by atoms with E-state index in [-0.39, 0.29) is 0 Å². The quantitative estimate of drug-likeness (QED) is 0.889. The fraction of sp³-hybridized carbons (Fsp3) is 0.375. The van der Waals surface area contributed by atoms with Gasteiger partial charge in [0.15, 0.2) is 0 Å². The molecule has 3 heteroatoms. The van der Waals surface area contributed by atoms with Gasteiger partial charge < -0.3 is 5.32 Å². The molecule has 2 aromatic rings. The molecule has 19 heavy (non-hydrogen) atoms. The number of hydrogen-bond donors (Lipinski definition) is 1. The van der Waals surface area contributed by atoms with Crippen molar-refractivity contribution in [2.24, 2.45) is 0 Å². The molecule has 0 aliphatic rings. The molecule has 0 fully saturated rings. The molecule has 3 nitrogen and oxygen atoms in total. The lowest BCUT2D eigenvalue weighted by Crippen LogP contribution is -2.06. The van der Waals surface area contributed by atoms with Gasteiger partial charge in [0.25, 0.3) is 0 Å². The van der Waals surface area contributed by atoms with E-state index in [1.165, 1.54) is 5.56 Å². The number of nitrogens with zero attached hydrogens (tertiary/aromatic N) is 2. The van der Waals surface area contributed by atoms with Crippen LogP contribution in [0.25, 0.3) is 0 Å². The fourth-order valence-corrected chi connectivity index (χ4v) is 1.95. The van der Waals surface area contributed by atoms with Crippen molar-refractivity contribution >= 4 is 5.82 Å². The van der Waals surface area contributed by atoms with Gasteiger partial charge in [-0.2, -0.15) is 0 Å². The lowest BCUT2D eigenvalue weighted by molar-refractivity contribution is 0.772. The molecule has 0 aliphatic heterocycles. The van der Waals surface area contributed by atoms with Crippen LogP contribution >= 0.6 is 0 Å². The number of rotatable bonds is 5. The topological polar surface area (TPSA) is 37.8 Å². The average molecular weight is 255 g/mol. The van der Waals surface area contributed by atoms with E-state index in [9.17, 15) is 0 Å². The molecule has 1 aromatic heterocycles. The van der Waals surface area contributed by atoms with Crippen LogP contribution in [0.2, 0.25) is 0 Å². The summed E-state index contributed by atoms with van der Waals surface area (Å²) in [6.45, 7) is 4.31. The smallest absolute Gasteiger partial charge is 0.131 e. The first-order valence-electron chi connectivity index (χ1n) is 6.78. The maximum atomic E-state index is 4.64. The molecule has 0 bridgehead atoms. The van der Waals surface area contributed by atoms with E-state index < -0.39 is 0 Å². The van der Waals surface area contributed by atoms with Crippen molar-refractivity contribution in [2.45, 2.75) is 32.6 Å². The van der Waals surface area contributed by atoms with Crippen LogP contribution in [-0.2, 0) is 12.8 Å². The van der Waals surface area contributed by atoms with Crippen LogP contribution in [0.15, 0.2) is 36.4 Å². The molecule has 2 rings (SSSR count). The van der Waals surface area contributed by atoms with Gasteiger partial charge in [0.05, 0.1) is 0 Å². The first-order valence-corrected chi connectivity index (χ1v) is 6.78. The number of aromatic nitrogens is 2. The summed E-state index contributed by atoms with van der Waals surface area (Å²) in [4.78, 5) is 9.17. The molecular formula is C16H21N3. The molecule has 0 atom stereocenters. The van der Waals surface area contributed by atoms with Gasteiger partial charge in [0.2, 0.25) is 0 Å². The summed E-state index contributed by atoms with van der Waals surface area (Å²) < 4.78 is 0. The van der Waals surface area contributed by atoms with Gasteiger partial charge in [-0.15, -0.1) is 0 Å². The maximum absolute atomic E-state index is 4.64. The summed E-state index contributed by atoms with van der Waals surface area (Å²) in [6, 6.07) is 12.5. The van der Waals surface area contributed by atoms with Crippen molar-refractivity contribution in [1.29, 1.82) is 0 Å². The molecular weight excluding hydrogens is 234 g/mol. The van der Waals surface area contributed by atoms with Crippen LogP contribution in [0, 0.1) is 0 Å². The summed E-state index contributed by atoms with van der Waals surface area (Å²) in [5.41, 5.74) is 2.43. The van der Waals surface area contributed by atoms with Gasteiger partial charge in [0, 0.05) is 25.2 Å². The Bertz CT molecular complexity index is 521. The van der Waals surface area contributed by atoms with Crippen LogP contribution in [0.1, 0.15) is 36.8 Å². The first-order chi connectivity index (χ1) is 9.19. The first kappa shape index (κ1) is 13.5. The van der Waals surface area contributed by atoms with E-state index >= 15 is 0 Å². The van der Waals surface area contributed by atoms with Gasteiger partial charge in [0.1, 0.15) is 11.6 Å². The zero-order valence-corrected chi connectivity index (χ0v) is 11.9. The van der Waals surface area contributed by atoms with Crippen LogP contribution < -0.4 is 5.32 Å². The van der Waals surface area contributed by atoms with E-state index in [0.29, 0.717) is 5.92 Å². The zero-order chi connectivity index (χ0) is 13.7. The highest BCUT2D eigenvalue weighted by atomic mass is 15.0. The largest absolute Gasteiger partial charge is 0.373 e. The molecule has 1 heterocycles. The van der Waals surface area contributed by atoms with Crippen molar-refractivity contribution in [2.75, 3.05) is 12.4 Å². The second-order valence-electron chi connectivity index (χ2n) is 4.98. The molecule has 0 spiro atoms. The van der Waals surface area contributed by atoms with Gasteiger partial charge in [-0.3, -0.25) is 0 Å². The SMILES string of the molecule is CNc1cc(C(C)C)nc(CCc2ccccc2)n1. The third-order valence-corrected chi connectivity index (χ3v) is 3.12. The van der Waals surface area contributed by atoms with Crippen LogP contribution in [0.5, 0.6) is 0 Å². The number of benzene rings is 1. The predicted molar refractivity (Wildman–Crippen MR) is 79.5 cm³/mol. The number of aryl methyl sites for hydroxylation is 2. The summed E-state index contributed by atoms with van der Waals surface area (Å²) >= 11 is 0. The Morgan fingerprint density at radius 1 is 1.05 bits per heavy atom. The number of hydrogen-bond acceptors (Lipinski definition) is 3. The number of anilines is 1. The summed E-state index contributed by atoms with van der Waals surface area (Å²) in [5.74, 6) is 2.24. The highest BCUT2D eigenvalue weighted by Crippen LogP contribution is 2.16. The monoisotopic (exact) mass is 255 g/mol. The third-order valence-electron chi connectivity index (χ3n) is 3.12. The highest BCUT2D eigenvalue weighted by Gasteiger charge is 2.07. The molecule has 0 aliphatic carbocycles. The standard InChI is InChI=1S/C16H21N3/c1-12(2)14-11-16(17-3)19-15(18-14)10-9-13-7-5-4-6-8-13/h4-8,11-12H,9-10H2,1-3H3,(H,17,18,19). The van der Waals surface area contributed by atoms with Crippen molar-refractivity contribution in [1.82, 2.24) is 9.97 Å². The Labute approximate surface area is 115 Å². The van der Waals surface area contributed by atoms with Crippen LogP contribution in [0.3, 0.4) is 0 Å². The lowest BCUT2D eigenvalue weighted by Gasteiger charge is -2.10. The predicted octanol–water partition coefficient (Wildman–Crippen LogP) is 3.43. The minimum absolute atomic E-state index is 0.422. The molecule has 0 radical (unpaired) electrons. The van der Waals surface area contributed by atoms with Crippen molar-refractivity contribution in [3.05, 3.63) is 53.5 Å². The minimum Gasteiger partial charge on any atom is -0.373 e. The van der Waals surface area contributed by atoms with Gasteiger partial charge in [-0.05, 0) is 17.9 Å². The van der Waals surface area contributed by atoms with E-state index in [4.69, 9.17) is 0 Å². The lowest BCUT2D eigenvalue weighted by atomic mass is 10.1. The van der Waals surface area contributed by atoms with E-state index in [1.807, 2.05) is 19.2 Å². The van der Waals surface area contributed by atoms with E-state index in [2.05, 4.69) is 53.4 Å². The normalized spacial score (nSPS) is 10.7. The maximum Gasteiger partial charge on any atom is 0.131 e. The fourth-order valence-electron chi connectivity index (χ4n) is 1.95. The van der Waals surface area contributed by atoms with Crippen molar-refractivity contribution in [3.63, 3.8) is 0 Å². The summed E-state index contributed by atoms with van der Waals surface area (Å²) in [6.07, 6.45) is 1.85. The van der Waals surface area contributed by atoms with Crippen molar-refractivity contribution in [3.8, 4) is 0 Å².